The second-order valence-electron chi connectivity index (χ2n) is 5.50. The fourth-order valence-corrected chi connectivity index (χ4v) is 1.63. The zero-order chi connectivity index (χ0) is 13.5. The van der Waals surface area contributed by atoms with Crippen LogP contribution < -0.4 is 5.32 Å². The van der Waals surface area contributed by atoms with Gasteiger partial charge in [0.25, 0.3) is 0 Å². The molecule has 100 valence electrons. The lowest BCUT2D eigenvalue weighted by molar-refractivity contribution is 0.0102. The average molecular weight is 241 g/mol. The summed E-state index contributed by atoms with van der Waals surface area (Å²) in [6.45, 7) is 12.0. The van der Waals surface area contributed by atoms with Crippen LogP contribution in [-0.4, -0.2) is 47.3 Å². The minimum atomic E-state index is -0.760. The Kier molecular flexibility index (Phi) is 7.37. The smallest absolute Gasteiger partial charge is 0.0869 e. The Morgan fingerprint density at radius 2 is 1.94 bits per heavy atom. The van der Waals surface area contributed by atoms with Crippen molar-refractivity contribution < 1.29 is 5.11 Å². The van der Waals surface area contributed by atoms with E-state index in [1.165, 1.54) is 0 Å². The molecule has 4 nitrogen and oxygen atoms in total. The van der Waals surface area contributed by atoms with Gasteiger partial charge in [-0.1, -0.05) is 13.8 Å². The van der Waals surface area contributed by atoms with Gasteiger partial charge in [0.1, 0.15) is 0 Å². The lowest BCUT2D eigenvalue weighted by Crippen LogP contribution is -2.50. The van der Waals surface area contributed by atoms with Gasteiger partial charge < -0.3 is 10.4 Å². The molecule has 0 aromatic heterocycles. The van der Waals surface area contributed by atoms with Crippen molar-refractivity contribution in [3.8, 4) is 6.07 Å². The second-order valence-corrected chi connectivity index (χ2v) is 5.50. The Labute approximate surface area is 106 Å². The molecule has 0 rings (SSSR count). The van der Waals surface area contributed by atoms with Crippen molar-refractivity contribution in [3.63, 3.8) is 0 Å². The zero-order valence-corrected chi connectivity index (χ0v) is 11.8. The minimum absolute atomic E-state index is 0.342. The monoisotopic (exact) mass is 241 g/mol. The molecule has 0 aliphatic carbocycles. The summed E-state index contributed by atoms with van der Waals surface area (Å²) < 4.78 is 0. The number of rotatable bonds is 8. The Morgan fingerprint density at radius 1 is 1.35 bits per heavy atom. The number of nitriles is 1. The van der Waals surface area contributed by atoms with Crippen LogP contribution in [0.5, 0.6) is 0 Å². The molecule has 0 aromatic rings. The van der Waals surface area contributed by atoms with Gasteiger partial charge >= 0.3 is 0 Å². The van der Waals surface area contributed by atoms with E-state index in [2.05, 4.69) is 44.0 Å². The maximum atomic E-state index is 10.3. The Hall–Kier alpha value is -0.630. The van der Waals surface area contributed by atoms with E-state index in [4.69, 9.17) is 5.26 Å². The third kappa shape index (κ3) is 8.14. The van der Waals surface area contributed by atoms with Crippen molar-refractivity contribution >= 4 is 0 Å². The van der Waals surface area contributed by atoms with Gasteiger partial charge in [0.05, 0.1) is 11.7 Å². The van der Waals surface area contributed by atoms with Crippen molar-refractivity contribution in [1.82, 2.24) is 10.2 Å². The van der Waals surface area contributed by atoms with Gasteiger partial charge in [0, 0.05) is 38.1 Å². The first-order valence-electron chi connectivity index (χ1n) is 6.35. The number of aliphatic hydroxyl groups is 1. The highest BCUT2D eigenvalue weighted by molar-refractivity contribution is 4.83. The van der Waals surface area contributed by atoms with E-state index in [0.717, 1.165) is 0 Å². The summed E-state index contributed by atoms with van der Waals surface area (Å²) in [5.41, 5.74) is -0.760. The summed E-state index contributed by atoms with van der Waals surface area (Å²) in [5, 5.41) is 22.2. The largest absolute Gasteiger partial charge is 0.388 e. The normalized spacial score (nSPS) is 15.3. The Morgan fingerprint density at radius 3 is 2.35 bits per heavy atom. The molecular weight excluding hydrogens is 214 g/mol. The molecule has 0 aliphatic heterocycles. The van der Waals surface area contributed by atoms with Crippen LogP contribution in [0.25, 0.3) is 0 Å². The average Bonchev–Trinajstić information content (AvgIpc) is 2.21. The number of nitrogens with zero attached hydrogens (tertiary/aromatic N) is 2. The van der Waals surface area contributed by atoms with Crippen LogP contribution in [0, 0.1) is 11.3 Å². The lowest BCUT2D eigenvalue weighted by atomic mass is 10.0. The van der Waals surface area contributed by atoms with Crippen LogP contribution >= 0.6 is 0 Å². The van der Waals surface area contributed by atoms with Crippen LogP contribution in [-0.2, 0) is 0 Å². The molecule has 0 saturated heterocycles. The molecular formula is C13H27N3O. The summed E-state index contributed by atoms with van der Waals surface area (Å²) in [6, 6.07) is 2.86. The molecule has 2 N–H and O–H groups in total. The molecule has 0 heterocycles. The van der Waals surface area contributed by atoms with E-state index < -0.39 is 5.60 Å². The van der Waals surface area contributed by atoms with Gasteiger partial charge in [-0.3, -0.25) is 4.90 Å². The van der Waals surface area contributed by atoms with Crippen molar-refractivity contribution in [3.05, 3.63) is 0 Å². The second kappa shape index (κ2) is 7.65. The Bertz CT molecular complexity index is 244. The van der Waals surface area contributed by atoms with E-state index in [9.17, 15) is 5.11 Å². The standard InChI is InChI=1S/C13H27N3O/c1-11(2)15-9-13(5,17)10-16(12(3)4)8-6-7-14/h11-12,15,17H,6,8-10H2,1-5H3. The van der Waals surface area contributed by atoms with Crippen LogP contribution in [0.2, 0.25) is 0 Å². The van der Waals surface area contributed by atoms with Crippen LogP contribution in [0.4, 0.5) is 0 Å². The Balaban J connectivity index is 4.26. The van der Waals surface area contributed by atoms with Crippen LogP contribution in [0.1, 0.15) is 41.0 Å². The first-order valence-corrected chi connectivity index (χ1v) is 6.35. The van der Waals surface area contributed by atoms with E-state index in [0.29, 0.717) is 38.1 Å². The molecule has 0 radical (unpaired) electrons. The summed E-state index contributed by atoms with van der Waals surface area (Å²) in [4.78, 5) is 2.14. The van der Waals surface area contributed by atoms with Gasteiger partial charge in [0.15, 0.2) is 0 Å². The van der Waals surface area contributed by atoms with Gasteiger partial charge in [-0.05, 0) is 20.8 Å². The number of hydrogen-bond acceptors (Lipinski definition) is 4. The van der Waals surface area contributed by atoms with E-state index in [-0.39, 0.29) is 0 Å². The molecule has 0 bridgehead atoms. The molecule has 0 fully saturated rings. The predicted octanol–water partition coefficient (Wildman–Crippen LogP) is 1.36. The maximum absolute atomic E-state index is 10.3. The lowest BCUT2D eigenvalue weighted by Gasteiger charge is -2.34. The summed E-state index contributed by atoms with van der Waals surface area (Å²) >= 11 is 0. The van der Waals surface area contributed by atoms with Crippen molar-refractivity contribution in [2.24, 2.45) is 0 Å². The molecule has 1 atom stereocenters. The van der Waals surface area contributed by atoms with Gasteiger partial charge in [0.2, 0.25) is 0 Å². The highest BCUT2D eigenvalue weighted by Gasteiger charge is 2.25. The SMILES string of the molecule is CC(C)NCC(C)(O)CN(CCC#N)C(C)C. The summed E-state index contributed by atoms with van der Waals surface area (Å²) in [6.07, 6.45) is 0.506. The fourth-order valence-electron chi connectivity index (χ4n) is 1.63. The molecule has 0 aromatic carbocycles. The third-order valence-corrected chi connectivity index (χ3v) is 2.68. The summed E-state index contributed by atoms with van der Waals surface area (Å²) in [5.74, 6) is 0. The topological polar surface area (TPSA) is 59.3 Å². The van der Waals surface area contributed by atoms with Crippen LogP contribution in [0.15, 0.2) is 0 Å². The fraction of sp³-hybridized carbons (Fsp3) is 0.923. The van der Waals surface area contributed by atoms with Gasteiger partial charge in [-0.2, -0.15) is 5.26 Å². The number of nitrogens with one attached hydrogen (secondary N) is 1. The molecule has 1 unspecified atom stereocenters. The van der Waals surface area contributed by atoms with E-state index in [1.807, 2.05) is 6.92 Å². The molecule has 0 saturated carbocycles. The van der Waals surface area contributed by atoms with Crippen LogP contribution in [0.3, 0.4) is 0 Å². The van der Waals surface area contributed by atoms with E-state index >= 15 is 0 Å². The zero-order valence-electron chi connectivity index (χ0n) is 11.8. The minimum Gasteiger partial charge on any atom is -0.388 e. The van der Waals surface area contributed by atoms with E-state index in [1.54, 1.807) is 0 Å². The highest BCUT2D eigenvalue weighted by Crippen LogP contribution is 2.09. The predicted molar refractivity (Wildman–Crippen MR) is 70.7 cm³/mol. The quantitative estimate of drug-likeness (QED) is 0.673. The first kappa shape index (κ1) is 16.4. The first-order chi connectivity index (χ1) is 7.78. The molecule has 0 aliphatic rings. The van der Waals surface area contributed by atoms with Crippen molar-refractivity contribution in [2.75, 3.05) is 19.6 Å². The van der Waals surface area contributed by atoms with Crippen molar-refractivity contribution in [1.29, 1.82) is 5.26 Å². The molecule has 4 heteroatoms. The highest BCUT2D eigenvalue weighted by atomic mass is 16.3. The maximum Gasteiger partial charge on any atom is 0.0869 e. The molecule has 0 spiro atoms. The van der Waals surface area contributed by atoms with Crippen molar-refractivity contribution in [2.45, 2.75) is 58.7 Å². The van der Waals surface area contributed by atoms with Gasteiger partial charge in [-0.15, -0.1) is 0 Å². The summed E-state index contributed by atoms with van der Waals surface area (Å²) in [7, 11) is 0. The molecule has 17 heavy (non-hydrogen) atoms. The van der Waals surface area contributed by atoms with Gasteiger partial charge in [-0.25, -0.2) is 0 Å². The third-order valence-electron chi connectivity index (χ3n) is 2.68. The number of hydrogen-bond donors (Lipinski definition) is 2. The molecule has 0 amide bonds.